The smallest absolute Gasteiger partial charge is 0.254 e. The number of hydrogen-bond acceptors (Lipinski definition) is 8. The third-order valence-electron chi connectivity index (χ3n) is 6.98. The molecule has 10 nitrogen and oxygen atoms in total. The first kappa shape index (κ1) is 27.8. The Balaban J connectivity index is 1.74. The molecule has 1 aliphatic rings. The van der Waals surface area contributed by atoms with E-state index in [4.69, 9.17) is 31.4 Å². The molecule has 0 bridgehead atoms. The number of ether oxygens (including phenoxy) is 1. The molecule has 1 fully saturated rings. The molecule has 3 aromatic carbocycles. The molecule has 0 unspecified atom stereocenters. The number of methoxy groups -OCH3 is 1. The summed E-state index contributed by atoms with van der Waals surface area (Å²) in [7, 11) is 1.21. The van der Waals surface area contributed by atoms with Gasteiger partial charge in [-0.25, -0.2) is 23.5 Å². The fraction of sp³-hybridized carbons (Fsp3) is 0.250. The number of anilines is 2. The predicted molar refractivity (Wildman–Crippen MR) is 156 cm³/mol. The Morgan fingerprint density at radius 1 is 1.10 bits per heavy atom. The zero-order valence-corrected chi connectivity index (χ0v) is 23.8. The number of nitrogens with two attached hydrogens (primary N) is 1. The van der Waals surface area contributed by atoms with E-state index in [9.17, 15) is 13.2 Å². The normalized spacial score (nSPS) is 15.6. The van der Waals surface area contributed by atoms with Crippen molar-refractivity contribution >= 4 is 50.1 Å². The molecule has 208 valence electrons. The molecule has 5 rings (SSSR count). The van der Waals surface area contributed by atoms with E-state index in [-0.39, 0.29) is 39.5 Å². The summed E-state index contributed by atoms with van der Waals surface area (Å²) in [6.07, 6.45) is 0.805. The molecule has 1 aromatic heterocycles. The highest BCUT2D eigenvalue weighted by atomic mass is 35.5. The summed E-state index contributed by atoms with van der Waals surface area (Å²) in [5, 5.41) is 9.26. The van der Waals surface area contributed by atoms with E-state index in [0.717, 1.165) is 6.42 Å². The summed E-state index contributed by atoms with van der Waals surface area (Å²) in [6, 6.07) is 16.9. The number of aromatic nitrogens is 2. The van der Waals surface area contributed by atoms with E-state index in [0.29, 0.717) is 40.6 Å². The van der Waals surface area contributed by atoms with Gasteiger partial charge in [-0.15, -0.1) is 0 Å². The summed E-state index contributed by atoms with van der Waals surface area (Å²) in [6.45, 7) is 1.05. The van der Waals surface area contributed by atoms with Crippen LogP contribution in [0.15, 0.2) is 65.6 Å². The summed E-state index contributed by atoms with van der Waals surface area (Å²) in [4.78, 5) is 27.0. The number of nitrogens with one attached hydrogen (secondary N) is 1. The van der Waals surface area contributed by atoms with Gasteiger partial charge in [0.2, 0.25) is 10.0 Å². The van der Waals surface area contributed by atoms with Gasteiger partial charge in [0.1, 0.15) is 11.4 Å². The molecule has 1 saturated heterocycles. The van der Waals surface area contributed by atoms with Crippen molar-refractivity contribution in [3.05, 3.63) is 71.2 Å². The van der Waals surface area contributed by atoms with Crippen molar-refractivity contribution in [3.8, 4) is 17.0 Å². The lowest BCUT2D eigenvalue weighted by Crippen LogP contribution is -2.35. The van der Waals surface area contributed by atoms with Crippen molar-refractivity contribution in [2.24, 2.45) is 5.14 Å². The summed E-state index contributed by atoms with van der Waals surface area (Å²) in [5.41, 5.74) is 1.91. The first-order valence-electron chi connectivity index (χ1n) is 12.6. The third-order valence-corrected chi connectivity index (χ3v) is 8.26. The van der Waals surface area contributed by atoms with Gasteiger partial charge in [0.05, 0.1) is 39.3 Å². The molecule has 12 heteroatoms. The molecule has 40 heavy (non-hydrogen) atoms. The maximum absolute atomic E-state index is 13.9. The topological polar surface area (TPSA) is 131 Å². The number of primary sulfonamides is 1. The van der Waals surface area contributed by atoms with Crippen molar-refractivity contribution in [1.82, 2.24) is 19.8 Å². The van der Waals surface area contributed by atoms with E-state index in [2.05, 4.69) is 10.2 Å². The van der Waals surface area contributed by atoms with Crippen LogP contribution in [0.25, 0.3) is 22.3 Å². The molecule has 0 spiro atoms. The van der Waals surface area contributed by atoms with E-state index in [1.165, 1.54) is 19.2 Å². The quantitative estimate of drug-likeness (QED) is 0.334. The van der Waals surface area contributed by atoms with Crippen LogP contribution < -0.4 is 15.2 Å². The van der Waals surface area contributed by atoms with Crippen LogP contribution in [-0.2, 0) is 10.0 Å². The van der Waals surface area contributed by atoms with Crippen LogP contribution in [-0.4, -0.2) is 74.4 Å². The molecule has 1 aliphatic heterocycles. The Morgan fingerprint density at radius 2 is 1.82 bits per heavy atom. The van der Waals surface area contributed by atoms with Gasteiger partial charge in [-0.05, 0) is 56.9 Å². The van der Waals surface area contributed by atoms with Crippen LogP contribution in [0, 0.1) is 0 Å². The third kappa shape index (κ3) is 5.46. The summed E-state index contributed by atoms with van der Waals surface area (Å²) in [5.74, 6) is 0.434. The maximum atomic E-state index is 13.9. The lowest BCUT2D eigenvalue weighted by atomic mass is 10.0. The van der Waals surface area contributed by atoms with Crippen LogP contribution >= 0.6 is 11.6 Å². The number of sulfonamides is 1. The van der Waals surface area contributed by atoms with Crippen molar-refractivity contribution in [2.45, 2.75) is 17.4 Å². The van der Waals surface area contributed by atoms with Gasteiger partial charge < -0.3 is 19.9 Å². The molecule has 4 aromatic rings. The number of benzene rings is 3. The Bertz CT molecular complexity index is 1710. The van der Waals surface area contributed by atoms with Gasteiger partial charge in [0.25, 0.3) is 5.91 Å². The number of carbonyl (C=O) groups excluding carboxylic acids is 1. The second-order valence-electron chi connectivity index (χ2n) is 9.76. The van der Waals surface area contributed by atoms with E-state index in [1.54, 1.807) is 47.4 Å². The zero-order chi connectivity index (χ0) is 28.6. The number of hydrogen-bond donors (Lipinski definition) is 2. The highest BCUT2D eigenvalue weighted by Gasteiger charge is 2.32. The van der Waals surface area contributed by atoms with Gasteiger partial charge >= 0.3 is 0 Å². The van der Waals surface area contributed by atoms with Crippen LogP contribution in [0.5, 0.6) is 5.75 Å². The Labute approximate surface area is 237 Å². The molecular formula is C28H29ClN6O4S. The number of para-hydroxylation sites is 2. The highest BCUT2D eigenvalue weighted by molar-refractivity contribution is 7.89. The number of rotatable bonds is 7. The number of likely N-dealkylation sites (tertiary alicyclic amines) is 1. The van der Waals surface area contributed by atoms with Crippen molar-refractivity contribution in [3.63, 3.8) is 0 Å². The number of amides is 1. The van der Waals surface area contributed by atoms with Crippen LogP contribution in [0.1, 0.15) is 16.8 Å². The first-order valence-corrected chi connectivity index (χ1v) is 14.5. The van der Waals surface area contributed by atoms with Crippen molar-refractivity contribution < 1.29 is 17.9 Å². The summed E-state index contributed by atoms with van der Waals surface area (Å²) < 4.78 is 31.1. The number of carbonyl (C=O) groups is 1. The van der Waals surface area contributed by atoms with Crippen LogP contribution in [0.4, 0.5) is 11.5 Å². The second-order valence-corrected chi connectivity index (χ2v) is 11.7. The van der Waals surface area contributed by atoms with Crippen LogP contribution in [0.2, 0.25) is 5.02 Å². The zero-order valence-electron chi connectivity index (χ0n) is 22.3. The van der Waals surface area contributed by atoms with E-state index < -0.39 is 10.0 Å². The Kier molecular flexibility index (Phi) is 7.65. The molecule has 1 amide bonds. The standard InChI is InChI=1S/C28H29ClN6O4S/c1-34(2)17-13-14-35(16-17)28(36)19-7-6-10-24(40(30,37)38)25(19)26-27(32-22-9-5-4-8-21(22)31-26)33-23-15-18(39-3)11-12-20(23)29/h4-12,15,17H,13-14,16H2,1-3H3,(H,32,33)(H2,30,37,38)/t17-/m1/s1. The summed E-state index contributed by atoms with van der Waals surface area (Å²) >= 11 is 6.48. The van der Waals surface area contributed by atoms with Crippen LogP contribution in [0.3, 0.4) is 0 Å². The molecule has 1 atom stereocenters. The van der Waals surface area contributed by atoms with E-state index in [1.807, 2.05) is 20.2 Å². The van der Waals surface area contributed by atoms with Gasteiger partial charge in [-0.2, -0.15) is 0 Å². The fourth-order valence-electron chi connectivity index (χ4n) is 4.83. The Hall–Kier alpha value is -3.77. The van der Waals surface area contributed by atoms with Crippen molar-refractivity contribution in [1.29, 1.82) is 0 Å². The first-order chi connectivity index (χ1) is 19.1. The van der Waals surface area contributed by atoms with Gasteiger partial charge in [0.15, 0.2) is 5.82 Å². The second kappa shape index (κ2) is 11.0. The van der Waals surface area contributed by atoms with E-state index >= 15 is 0 Å². The van der Waals surface area contributed by atoms with Gasteiger partial charge in [-0.1, -0.05) is 29.8 Å². The lowest BCUT2D eigenvalue weighted by molar-refractivity contribution is 0.0783. The number of fused-ring (bicyclic) bond motifs is 1. The average molecular weight is 581 g/mol. The minimum atomic E-state index is -4.27. The van der Waals surface area contributed by atoms with Gasteiger partial charge in [-0.3, -0.25) is 4.79 Å². The predicted octanol–water partition coefficient (Wildman–Crippen LogP) is 4.13. The average Bonchev–Trinajstić information content (AvgIpc) is 3.43. The maximum Gasteiger partial charge on any atom is 0.254 e. The minimum Gasteiger partial charge on any atom is -0.497 e. The fourth-order valence-corrected chi connectivity index (χ4v) is 5.75. The largest absolute Gasteiger partial charge is 0.497 e. The Morgan fingerprint density at radius 3 is 2.48 bits per heavy atom. The van der Waals surface area contributed by atoms with Crippen molar-refractivity contribution in [2.75, 3.05) is 39.6 Å². The molecule has 0 radical (unpaired) electrons. The molecule has 2 heterocycles. The number of likely N-dealkylation sites (N-methyl/N-ethyl adjacent to an activating group) is 1. The number of nitrogens with zero attached hydrogens (tertiary/aromatic N) is 4. The highest BCUT2D eigenvalue weighted by Crippen LogP contribution is 2.38. The molecule has 0 aliphatic carbocycles. The molecule has 3 N–H and O–H groups in total. The lowest BCUT2D eigenvalue weighted by Gasteiger charge is -2.22. The van der Waals surface area contributed by atoms with Gasteiger partial charge in [0, 0.05) is 30.8 Å². The number of halogens is 1. The molecule has 0 saturated carbocycles. The minimum absolute atomic E-state index is 0.0723. The molecular weight excluding hydrogens is 552 g/mol. The monoisotopic (exact) mass is 580 g/mol. The SMILES string of the molecule is COc1ccc(Cl)c(Nc2nc3ccccc3nc2-c2c(C(=O)N3CC[C@@H](N(C)C)C3)cccc2S(N)(=O)=O)c1.